The van der Waals surface area contributed by atoms with Crippen LogP contribution >= 0.6 is 0 Å². The van der Waals surface area contributed by atoms with E-state index in [0.29, 0.717) is 12.4 Å². The van der Waals surface area contributed by atoms with Crippen molar-refractivity contribution < 1.29 is 24.2 Å². The van der Waals surface area contributed by atoms with Crippen molar-refractivity contribution in [3.63, 3.8) is 0 Å². The first-order valence-electron chi connectivity index (χ1n) is 8.25. The lowest BCUT2D eigenvalue weighted by atomic mass is 9.99. The molecule has 1 N–H and O–H groups in total. The predicted molar refractivity (Wildman–Crippen MR) is 91.3 cm³/mol. The maximum absolute atomic E-state index is 12.1. The highest BCUT2D eigenvalue weighted by atomic mass is 16.5. The summed E-state index contributed by atoms with van der Waals surface area (Å²) in [6.45, 7) is 2.26. The molecule has 2 aromatic rings. The highest BCUT2D eigenvalue weighted by Crippen LogP contribution is 2.60. The molecule has 130 valence electrons. The largest absolute Gasteiger partial charge is 0.489 e. The Balaban J connectivity index is 1.74. The molecule has 0 heterocycles. The first-order chi connectivity index (χ1) is 12.1. The Morgan fingerprint density at radius 3 is 2.60 bits per heavy atom. The lowest BCUT2D eigenvalue weighted by Crippen LogP contribution is -2.29. The van der Waals surface area contributed by atoms with Crippen LogP contribution in [0.25, 0.3) is 0 Å². The van der Waals surface area contributed by atoms with Gasteiger partial charge < -0.3 is 14.6 Å². The molecule has 0 saturated heterocycles. The Morgan fingerprint density at radius 1 is 1.16 bits per heavy atom. The lowest BCUT2D eigenvalue weighted by molar-refractivity contribution is -0.161. The van der Waals surface area contributed by atoms with Gasteiger partial charge in [-0.15, -0.1) is 0 Å². The van der Waals surface area contributed by atoms with E-state index in [1.165, 1.54) is 0 Å². The van der Waals surface area contributed by atoms with E-state index >= 15 is 0 Å². The molecular weight excluding hydrogens is 320 g/mol. The van der Waals surface area contributed by atoms with Crippen LogP contribution in [0, 0.1) is 5.41 Å². The van der Waals surface area contributed by atoms with Gasteiger partial charge in [0.15, 0.2) is 5.41 Å². The molecule has 0 spiro atoms. The van der Waals surface area contributed by atoms with Crippen molar-refractivity contribution in [2.45, 2.75) is 25.9 Å². The van der Waals surface area contributed by atoms with Crippen LogP contribution in [0.5, 0.6) is 5.75 Å². The molecular formula is C20H20O5. The van der Waals surface area contributed by atoms with Crippen LogP contribution in [0.15, 0.2) is 54.6 Å². The third-order valence-electron chi connectivity index (χ3n) is 4.49. The number of ether oxygens (including phenoxy) is 2. The molecule has 2 unspecified atom stereocenters. The summed E-state index contributed by atoms with van der Waals surface area (Å²) < 4.78 is 10.8. The van der Waals surface area contributed by atoms with E-state index in [2.05, 4.69) is 0 Å². The second-order valence-corrected chi connectivity index (χ2v) is 6.10. The first-order valence-corrected chi connectivity index (χ1v) is 8.25. The highest BCUT2D eigenvalue weighted by molar-refractivity contribution is 6.04. The first kappa shape index (κ1) is 17.0. The molecule has 1 aliphatic carbocycles. The van der Waals surface area contributed by atoms with E-state index in [1.54, 1.807) is 13.0 Å². The van der Waals surface area contributed by atoms with Gasteiger partial charge in [0.2, 0.25) is 0 Å². The van der Waals surface area contributed by atoms with Crippen LogP contribution in [0.4, 0.5) is 0 Å². The Labute approximate surface area is 146 Å². The normalized spacial score (nSPS) is 21.4. The summed E-state index contributed by atoms with van der Waals surface area (Å²) in [5.74, 6) is -1.53. The summed E-state index contributed by atoms with van der Waals surface area (Å²) in [5, 5.41) is 9.52. The second kappa shape index (κ2) is 6.97. The van der Waals surface area contributed by atoms with Gasteiger partial charge in [-0.3, -0.25) is 9.59 Å². The number of carboxylic acids is 1. The SMILES string of the molecule is CCOC(=O)C1(C(=O)O)CC1c1cccc(OCc2ccccc2)c1. The fourth-order valence-corrected chi connectivity index (χ4v) is 3.04. The summed E-state index contributed by atoms with van der Waals surface area (Å²) >= 11 is 0. The Morgan fingerprint density at radius 2 is 1.92 bits per heavy atom. The van der Waals surface area contributed by atoms with Crippen molar-refractivity contribution in [2.24, 2.45) is 5.41 Å². The molecule has 1 saturated carbocycles. The van der Waals surface area contributed by atoms with Gasteiger partial charge >= 0.3 is 11.9 Å². The smallest absolute Gasteiger partial charge is 0.324 e. The summed E-state index contributed by atoms with van der Waals surface area (Å²) in [6, 6.07) is 17.0. The van der Waals surface area contributed by atoms with E-state index in [9.17, 15) is 14.7 Å². The van der Waals surface area contributed by atoms with Gasteiger partial charge in [-0.2, -0.15) is 0 Å². The number of carbonyl (C=O) groups excluding carboxylic acids is 1. The minimum atomic E-state index is -1.46. The Bertz CT molecular complexity index is 771. The van der Waals surface area contributed by atoms with Crippen molar-refractivity contribution in [3.05, 3.63) is 65.7 Å². The van der Waals surface area contributed by atoms with Crippen LogP contribution in [-0.4, -0.2) is 23.7 Å². The third kappa shape index (κ3) is 3.36. The third-order valence-corrected chi connectivity index (χ3v) is 4.49. The van der Waals surface area contributed by atoms with Gasteiger partial charge in [-0.1, -0.05) is 42.5 Å². The zero-order valence-electron chi connectivity index (χ0n) is 14.0. The quantitative estimate of drug-likeness (QED) is 0.618. The Kier molecular flexibility index (Phi) is 4.74. The summed E-state index contributed by atoms with van der Waals surface area (Å²) in [7, 11) is 0. The standard InChI is InChI=1S/C20H20O5/c1-2-24-19(23)20(18(21)22)12-17(20)15-9-6-10-16(11-15)25-13-14-7-4-3-5-8-14/h3-11,17H,2,12-13H2,1H3,(H,21,22). The number of esters is 1. The summed E-state index contributed by atoms with van der Waals surface area (Å²) in [6.07, 6.45) is 0.253. The van der Waals surface area contributed by atoms with E-state index < -0.39 is 17.4 Å². The highest BCUT2D eigenvalue weighted by Gasteiger charge is 2.68. The van der Waals surface area contributed by atoms with Crippen LogP contribution in [0.3, 0.4) is 0 Å². The van der Waals surface area contributed by atoms with Crippen molar-refractivity contribution in [3.8, 4) is 5.75 Å². The molecule has 2 aromatic carbocycles. The monoisotopic (exact) mass is 340 g/mol. The van der Waals surface area contributed by atoms with Gasteiger partial charge in [0, 0.05) is 5.92 Å². The van der Waals surface area contributed by atoms with Crippen molar-refractivity contribution in [1.82, 2.24) is 0 Å². The number of carbonyl (C=O) groups is 2. The van der Waals surface area contributed by atoms with Crippen LogP contribution in [0.1, 0.15) is 30.4 Å². The fourth-order valence-electron chi connectivity index (χ4n) is 3.04. The van der Waals surface area contributed by atoms with E-state index in [1.807, 2.05) is 48.5 Å². The lowest BCUT2D eigenvalue weighted by Gasteiger charge is -2.12. The van der Waals surface area contributed by atoms with E-state index in [-0.39, 0.29) is 18.9 Å². The fraction of sp³-hybridized carbons (Fsp3) is 0.300. The molecule has 0 radical (unpaired) electrons. The molecule has 25 heavy (non-hydrogen) atoms. The molecule has 1 aliphatic rings. The van der Waals surface area contributed by atoms with Crippen molar-refractivity contribution >= 4 is 11.9 Å². The molecule has 0 amide bonds. The van der Waals surface area contributed by atoms with Gasteiger partial charge in [-0.05, 0) is 36.6 Å². The predicted octanol–water partition coefficient (Wildman–Crippen LogP) is 3.39. The zero-order valence-corrected chi connectivity index (χ0v) is 14.0. The van der Waals surface area contributed by atoms with Gasteiger partial charge in [0.25, 0.3) is 0 Å². The maximum Gasteiger partial charge on any atom is 0.324 e. The molecule has 5 heteroatoms. The number of hydrogen-bond acceptors (Lipinski definition) is 4. The maximum atomic E-state index is 12.1. The topological polar surface area (TPSA) is 72.8 Å². The molecule has 2 atom stereocenters. The number of benzene rings is 2. The minimum Gasteiger partial charge on any atom is -0.489 e. The molecule has 0 bridgehead atoms. The number of carboxylic acid groups (broad SMARTS) is 1. The van der Waals surface area contributed by atoms with E-state index in [4.69, 9.17) is 9.47 Å². The van der Waals surface area contributed by atoms with Gasteiger partial charge in [0.05, 0.1) is 6.61 Å². The van der Waals surface area contributed by atoms with Gasteiger partial charge in [-0.25, -0.2) is 0 Å². The minimum absolute atomic E-state index is 0.167. The van der Waals surface area contributed by atoms with Crippen LogP contribution in [-0.2, 0) is 20.9 Å². The zero-order chi connectivity index (χ0) is 17.9. The molecule has 3 rings (SSSR count). The van der Waals surface area contributed by atoms with Gasteiger partial charge in [0.1, 0.15) is 12.4 Å². The number of aliphatic carboxylic acids is 1. The summed E-state index contributed by atoms with van der Waals surface area (Å²) in [4.78, 5) is 23.8. The van der Waals surface area contributed by atoms with Crippen LogP contribution < -0.4 is 4.74 Å². The number of hydrogen-bond donors (Lipinski definition) is 1. The number of rotatable bonds is 7. The molecule has 0 aliphatic heterocycles. The second-order valence-electron chi connectivity index (χ2n) is 6.10. The Hall–Kier alpha value is -2.82. The average molecular weight is 340 g/mol. The van der Waals surface area contributed by atoms with Crippen LogP contribution in [0.2, 0.25) is 0 Å². The van der Waals surface area contributed by atoms with Crippen molar-refractivity contribution in [2.75, 3.05) is 6.61 Å². The molecule has 5 nitrogen and oxygen atoms in total. The average Bonchev–Trinajstić information content (AvgIpc) is 3.39. The molecule has 0 aromatic heterocycles. The summed E-state index contributed by atoms with van der Waals surface area (Å²) in [5.41, 5.74) is 0.361. The van der Waals surface area contributed by atoms with E-state index in [0.717, 1.165) is 11.1 Å². The molecule has 1 fully saturated rings. The van der Waals surface area contributed by atoms with Crippen molar-refractivity contribution in [1.29, 1.82) is 0 Å².